The Bertz CT molecular complexity index is 803. The quantitative estimate of drug-likeness (QED) is 0.583. The molecule has 1 aliphatic rings. The van der Waals surface area contributed by atoms with E-state index in [2.05, 4.69) is 4.98 Å². The molecular weight excluding hydrogens is 330 g/mol. The fourth-order valence-corrected chi connectivity index (χ4v) is 3.07. The number of nitrogens with two attached hydrogens (primary N) is 1. The molecule has 8 heteroatoms. The summed E-state index contributed by atoms with van der Waals surface area (Å²) in [6, 6.07) is 6.64. The van der Waals surface area contributed by atoms with Gasteiger partial charge in [-0.15, -0.1) is 0 Å². The largest absolute Gasteiger partial charge is 0.472 e. The number of benzene rings is 1. The van der Waals surface area contributed by atoms with E-state index in [-0.39, 0.29) is 11.7 Å². The molecule has 0 radical (unpaired) electrons. The number of aromatic nitrogens is 2. The van der Waals surface area contributed by atoms with Gasteiger partial charge in [0.15, 0.2) is 5.82 Å². The van der Waals surface area contributed by atoms with Gasteiger partial charge in [-0.3, -0.25) is 9.98 Å². The van der Waals surface area contributed by atoms with Crippen LogP contribution in [-0.2, 0) is 4.74 Å². The van der Waals surface area contributed by atoms with Crippen LogP contribution in [0.5, 0.6) is 0 Å². The number of nitrogens with one attached hydrogen (secondary N) is 1. The fourth-order valence-electron chi connectivity index (χ4n) is 3.07. The Kier molecular flexibility index (Phi) is 4.98. The molecule has 0 saturated heterocycles. The van der Waals surface area contributed by atoms with Crippen molar-refractivity contribution < 1.29 is 18.6 Å². The summed E-state index contributed by atoms with van der Waals surface area (Å²) in [7, 11) is 0. The minimum Gasteiger partial charge on any atom is -0.472 e. The Balaban J connectivity index is 1.87. The van der Waals surface area contributed by atoms with Gasteiger partial charge in [0.05, 0.1) is 17.1 Å². The van der Waals surface area contributed by atoms with E-state index in [1.54, 1.807) is 24.3 Å². The topological polar surface area (TPSA) is 97.2 Å². The van der Waals surface area contributed by atoms with Crippen molar-refractivity contribution >= 4 is 22.8 Å². The number of para-hydroxylation sites is 2. The number of aliphatic hydroxyl groups excluding tert-OH is 1. The normalized spacial score (nSPS) is 21.7. The average Bonchev–Trinajstić information content (AvgIpc) is 2.97. The van der Waals surface area contributed by atoms with Gasteiger partial charge in [0.1, 0.15) is 11.9 Å². The van der Waals surface area contributed by atoms with Crippen LogP contribution in [0.1, 0.15) is 37.9 Å². The summed E-state index contributed by atoms with van der Waals surface area (Å²) < 4.78 is 33.2. The molecule has 6 nitrogen and oxygen atoms in total. The first kappa shape index (κ1) is 17.3. The van der Waals surface area contributed by atoms with Crippen LogP contribution < -0.4 is 5.73 Å². The zero-order valence-electron chi connectivity index (χ0n) is 13.5. The number of nitrogens with zero attached hydrogens (tertiary/aromatic N) is 2. The van der Waals surface area contributed by atoms with Crippen molar-refractivity contribution in [3.63, 3.8) is 0 Å². The molecule has 2 atom stereocenters. The highest BCUT2D eigenvalue weighted by Gasteiger charge is 2.25. The van der Waals surface area contributed by atoms with Crippen molar-refractivity contribution in [3.8, 4) is 0 Å². The average molecular weight is 350 g/mol. The molecule has 0 aliphatic heterocycles. The van der Waals surface area contributed by atoms with Gasteiger partial charge < -0.3 is 15.6 Å². The first-order chi connectivity index (χ1) is 12.0. The molecule has 2 aromatic rings. The molecule has 0 bridgehead atoms. The second-order valence-corrected chi connectivity index (χ2v) is 6.04. The predicted molar refractivity (Wildman–Crippen MR) is 90.2 cm³/mol. The Morgan fingerprint density at radius 3 is 2.80 bits per heavy atom. The standard InChI is InChI=1S/C17H20F2N4O2/c18-16(19)17-22-10-5-1-2-6-11(10)23(17)14(20)9-15(21)25-13-8-4-3-7-12(13)24/h1-2,5-6,9,12-13,16,21,24H,3-4,7-8,20H2/b14-9+,21-15?/t12-,13-/m0/s1. The first-order valence-corrected chi connectivity index (χ1v) is 8.13. The number of hydrogen-bond acceptors (Lipinski definition) is 5. The number of imidazole rings is 1. The Hall–Kier alpha value is -2.48. The number of fused-ring (bicyclic) bond motifs is 1. The smallest absolute Gasteiger partial charge is 0.296 e. The molecular formula is C17H20F2N4O2. The third kappa shape index (κ3) is 3.63. The Labute approximate surface area is 143 Å². The van der Waals surface area contributed by atoms with Crippen LogP contribution in [0.4, 0.5) is 8.78 Å². The number of halogens is 2. The highest BCUT2D eigenvalue weighted by molar-refractivity contribution is 5.91. The summed E-state index contributed by atoms with van der Waals surface area (Å²) in [6.45, 7) is 0. The van der Waals surface area contributed by atoms with Crippen molar-refractivity contribution in [1.29, 1.82) is 5.41 Å². The molecule has 0 amide bonds. The van der Waals surface area contributed by atoms with Crippen LogP contribution >= 0.6 is 0 Å². The monoisotopic (exact) mass is 350 g/mol. The first-order valence-electron chi connectivity index (χ1n) is 8.13. The maximum absolute atomic E-state index is 13.3. The zero-order chi connectivity index (χ0) is 18.0. The van der Waals surface area contributed by atoms with E-state index in [1.165, 1.54) is 6.08 Å². The lowest BCUT2D eigenvalue weighted by Crippen LogP contribution is -2.33. The van der Waals surface area contributed by atoms with E-state index in [9.17, 15) is 13.9 Å². The van der Waals surface area contributed by atoms with Crippen LogP contribution in [0.15, 0.2) is 30.3 Å². The summed E-state index contributed by atoms with van der Waals surface area (Å²) in [5, 5.41) is 17.8. The summed E-state index contributed by atoms with van der Waals surface area (Å²) in [4.78, 5) is 3.91. The van der Waals surface area contributed by atoms with Gasteiger partial charge in [0.2, 0.25) is 5.90 Å². The lowest BCUT2D eigenvalue weighted by atomic mass is 9.95. The van der Waals surface area contributed by atoms with Crippen molar-refractivity contribution in [1.82, 2.24) is 9.55 Å². The number of ether oxygens (including phenoxy) is 1. The summed E-state index contributed by atoms with van der Waals surface area (Å²) in [5.41, 5.74) is 6.77. The molecule has 25 heavy (non-hydrogen) atoms. The van der Waals surface area contributed by atoms with Crippen LogP contribution in [0, 0.1) is 5.41 Å². The third-order valence-corrected chi connectivity index (χ3v) is 4.27. The summed E-state index contributed by atoms with van der Waals surface area (Å²) in [5.74, 6) is -0.846. The Morgan fingerprint density at radius 1 is 1.36 bits per heavy atom. The molecule has 1 saturated carbocycles. The maximum Gasteiger partial charge on any atom is 0.296 e. The van der Waals surface area contributed by atoms with Gasteiger partial charge in [-0.05, 0) is 31.4 Å². The molecule has 1 fully saturated rings. The molecule has 1 heterocycles. The minimum absolute atomic E-state index is 0.0840. The van der Waals surface area contributed by atoms with E-state index in [0.29, 0.717) is 23.9 Å². The number of hydrogen-bond donors (Lipinski definition) is 3. The predicted octanol–water partition coefficient (Wildman–Crippen LogP) is 3.03. The Morgan fingerprint density at radius 2 is 2.08 bits per heavy atom. The van der Waals surface area contributed by atoms with Gasteiger partial charge in [0, 0.05) is 6.08 Å². The van der Waals surface area contributed by atoms with Crippen molar-refractivity contribution in [2.45, 2.75) is 44.3 Å². The molecule has 1 aliphatic carbocycles. The fraction of sp³-hybridized carbons (Fsp3) is 0.412. The number of rotatable bonds is 4. The van der Waals surface area contributed by atoms with Gasteiger partial charge in [0.25, 0.3) is 6.43 Å². The van der Waals surface area contributed by atoms with Gasteiger partial charge in [-0.2, -0.15) is 0 Å². The minimum atomic E-state index is -2.81. The molecule has 1 aromatic heterocycles. The second-order valence-electron chi connectivity index (χ2n) is 6.04. The van der Waals surface area contributed by atoms with E-state index in [0.717, 1.165) is 17.4 Å². The number of alkyl halides is 2. The number of aliphatic hydroxyl groups is 1. The van der Waals surface area contributed by atoms with E-state index >= 15 is 0 Å². The lowest BCUT2D eigenvalue weighted by molar-refractivity contribution is -0.00000493. The van der Waals surface area contributed by atoms with E-state index in [4.69, 9.17) is 15.9 Å². The molecule has 3 rings (SSSR count). The summed E-state index contributed by atoms with van der Waals surface area (Å²) >= 11 is 0. The van der Waals surface area contributed by atoms with Gasteiger partial charge in [-0.1, -0.05) is 18.6 Å². The second kappa shape index (κ2) is 7.18. The van der Waals surface area contributed by atoms with Crippen LogP contribution in [0.25, 0.3) is 16.9 Å². The van der Waals surface area contributed by atoms with Crippen molar-refractivity contribution in [3.05, 3.63) is 36.2 Å². The van der Waals surface area contributed by atoms with Crippen molar-refractivity contribution in [2.24, 2.45) is 5.73 Å². The molecule has 134 valence electrons. The molecule has 0 unspecified atom stereocenters. The summed E-state index contributed by atoms with van der Waals surface area (Å²) in [6.07, 6.45) is 0.359. The maximum atomic E-state index is 13.3. The molecule has 4 N–H and O–H groups in total. The SMILES string of the molecule is N=C(/C=C(\N)n1c(C(F)F)nc2ccccc21)O[C@H]1CCCC[C@@H]1O. The van der Waals surface area contributed by atoms with Crippen LogP contribution in [0.3, 0.4) is 0 Å². The van der Waals surface area contributed by atoms with Crippen molar-refractivity contribution in [2.75, 3.05) is 0 Å². The third-order valence-electron chi connectivity index (χ3n) is 4.27. The van der Waals surface area contributed by atoms with Crippen LogP contribution in [-0.4, -0.2) is 32.8 Å². The lowest BCUT2D eigenvalue weighted by Gasteiger charge is -2.27. The molecule has 0 spiro atoms. The van der Waals surface area contributed by atoms with Gasteiger partial charge >= 0.3 is 0 Å². The van der Waals surface area contributed by atoms with E-state index < -0.39 is 24.5 Å². The highest BCUT2D eigenvalue weighted by atomic mass is 19.3. The molecule has 1 aromatic carbocycles. The van der Waals surface area contributed by atoms with E-state index in [1.807, 2.05) is 0 Å². The van der Waals surface area contributed by atoms with Gasteiger partial charge in [-0.25, -0.2) is 13.8 Å². The highest BCUT2D eigenvalue weighted by Crippen LogP contribution is 2.26. The zero-order valence-corrected chi connectivity index (χ0v) is 13.5. The van der Waals surface area contributed by atoms with Crippen LogP contribution in [0.2, 0.25) is 0 Å².